The van der Waals surface area contributed by atoms with Crippen LogP contribution in [-0.2, 0) is 15.9 Å². The van der Waals surface area contributed by atoms with Crippen molar-refractivity contribution in [2.45, 2.75) is 52.4 Å². The van der Waals surface area contributed by atoms with Gasteiger partial charge in [-0.1, -0.05) is 45.0 Å². The average molecular weight is 291 g/mol. The lowest BCUT2D eigenvalue weighted by Crippen LogP contribution is -2.26. The number of hydrogen-bond acceptors (Lipinski definition) is 3. The van der Waals surface area contributed by atoms with Crippen LogP contribution in [0, 0.1) is 5.92 Å². The minimum Gasteiger partial charge on any atom is -0.350 e. The molecule has 3 nitrogen and oxygen atoms in total. The van der Waals surface area contributed by atoms with Gasteiger partial charge in [0.2, 0.25) is 0 Å². The van der Waals surface area contributed by atoms with E-state index in [0.29, 0.717) is 12.0 Å². The first kappa shape index (κ1) is 16.5. The van der Waals surface area contributed by atoms with Crippen LogP contribution in [0.1, 0.15) is 50.8 Å². The van der Waals surface area contributed by atoms with Crippen LogP contribution in [0.4, 0.5) is 0 Å². The minimum atomic E-state index is -0.0619. The molecule has 0 saturated carbocycles. The summed E-state index contributed by atoms with van der Waals surface area (Å²) in [5.74, 6) is 0.684. The standard InChI is InChI=1S/C18H29NO2/c1-4-8-19-17(13-18-20-9-10-21-18)16-7-5-6-15(12-16)11-14(2)3/h5-7,12,14,17-19H,4,8-11,13H2,1-3H3. The third-order valence-corrected chi connectivity index (χ3v) is 3.76. The zero-order valence-corrected chi connectivity index (χ0v) is 13.6. The van der Waals surface area contributed by atoms with Gasteiger partial charge in [-0.05, 0) is 36.4 Å². The molecule has 0 aromatic heterocycles. The van der Waals surface area contributed by atoms with Crippen molar-refractivity contribution in [1.82, 2.24) is 5.32 Å². The molecule has 0 amide bonds. The molecule has 1 aromatic carbocycles. The number of hydrogen-bond donors (Lipinski definition) is 1. The first-order valence-corrected chi connectivity index (χ1v) is 8.24. The Hall–Kier alpha value is -0.900. The number of benzene rings is 1. The van der Waals surface area contributed by atoms with Crippen LogP contribution in [0.3, 0.4) is 0 Å². The lowest BCUT2D eigenvalue weighted by molar-refractivity contribution is -0.0530. The van der Waals surface area contributed by atoms with Crippen molar-refractivity contribution in [3.05, 3.63) is 35.4 Å². The van der Waals surface area contributed by atoms with Gasteiger partial charge in [0.25, 0.3) is 0 Å². The molecule has 0 spiro atoms. The molecule has 1 aliphatic heterocycles. The van der Waals surface area contributed by atoms with Crippen LogP contribution >= 0.6 is 0 Å². The summed E-state index contributed by atoms with van der Waals surface area (Å²) >= 11 is 0. The van der Waals surface area contributed by atoms with Gasteiger partial charge >= 0.3 is 0 Å². The predicted octanol–water partition coefficient (Wildman–Crippen LogP) is 3.69. The highest BCUT2D eigenvalue weighted by atomic mass is 16.7. The molecule has 1 fully saturated rings. The van der Waals surface area contributed by atoms with Crippen LogP contribution in [0.2, 0.25) is 0 Å². The van der Waals surface area contributed by atoms with E-state index < -0.39 is 0 Å². The van der Waals surface area contributed by atoms with E-state index in [1.165, 1.54) is 11.1 Å². The maximum Gasteiger partial charge on any atom is 0.159 e. The van der Waals surface area contributed by atoms with Crippen molar-refractivity contribution in [3.63, 3.8) is 0 Å². The summed E-state index contributed by atoms with van der Waals surface area (Å²) in [5, 5.41) is 3.63. The number of ether oxygens (including phenoxy) is 2. The van der Waals surface area contributed by atoms with Gasteiger partial charge in [-0.3, -0.25) is 0 Å². The lowest BCUT2D eigenvalue weighted by atomic mass is 9.96. The summed E-state index contributed by atoms with van der Waals surface area (Å²) in [6.07, 6.45) is 3.08. The molecule has 1 unspecified atom stereocenters. The van der Waals surface area contributed by atoms with Gasteiger partial charge in [-0.25, -0.2) is 0 Å². The predicted molar refractivity (Wildman–Crippen MR) is 86.3 cm³/mol. The Morgan fingerprint density at radius 1 is 1.24 bits per heavy atom. The maximum atomic E-state index is 5.62. The molecular formula is C18H29NO2. The minimum absolute atomic E-state index is 0.0619. The molecule has 118 valence electrons. The van der Waals surface area contributed by atoms with Crippen molar-refractivity contribution in [3.8, 4) is 0 Å². The van der Waals surface area contributed by atoms with Crippen LogP contribution in [0.15, 0.2) is 24.3 Å². The Morgan fingerprint density at radius 2 is 2.00 bits per heavy atom. The fraction of sp³-hybridized carbons (Fsp3) is 0.667. The molecule has 1 saturated heterocycles. The maximum absolute atomic E-state index is 5.62. The van der Waals surface area contributed by atoms with E-state index in [0.717, 1.165) is 39.0 Å². The van der Waals surface area contributed by atoms with E-state index >= 15 is 0 Å². The molecule has 1 heterocycles. The van der Waals surface area contributed by atoms with Crippen molar-refractivity contribution < 1.29 is 9.47 Å². The van der Waals surface area contributed by atoms with Gasteiger partial charge in [-0.2, -0.15) is 0 Å². The van der Waals surface area contributed by atoms with Gasteiger partial charge in [0.1, 0.15) is 0 Å². The Kier molecular flexibility index (Phi) is 6.68. The highest BCUT2D eigenvalue weighted by Gasteiger charge is 2.22. The molecule has 0 aliphatic carbocycles. The second-order valence-corrected chi connectivity index (χ2v) is 6.26. The summed E-state index contributed by atoms with van der Waals surface area (Å²) in [6.45, 7) is 9.18. The van der Waals surface area contributed by atoms with Crippen LogP contribution in [0.25, 0.3) is 0 Å². The number of rotatable bonds is 8. The summed E-state index contributed by atoms with van der Waals surface area (Å²) in [5.41, 5.74) is 2.76. The van der Waals surface area contributed by atoms with E-state index in [1.54, 1.807) is 0 Å². The van der Waals surface area contributed by atoms with Crippen molar-refractivity contribution in [1.29, 1.82) is 0 Å². The van der Waals surface area contributed by atoms with Gasteiger partial charge in [0.05, 0.1) is 13.2 Å². The zero-order chi connectivity index (χ0) is 15.1. The molecule has 2 rings (SSSR count). The third-order valence-electron chi connectivity index (χ3n) is 3.76. The Bertz CT molecular complexity index is 413. The van der Waals surface area contributed by atoms with Crippen molar-refractivity contribution in [2.75, 3.05) is 19.8 Å². The molecule has 0 bridgehead atoms. The molecule has 1 N–H and O–H groups in total. The fourth-order valence-corrected chi connectivity index (χ4v) is 2.80. The third kappa shape index (κ3) is 5.42. The van der Waals surface area contributed by atoms with Crippen LogP contribution in [0.5, 0.6) is 0 Å². The van der Waals surface area contributed by atoms with Crippen LogP contribution < -0.4 is 5.32 Å². The SMILES string of the molecule is CCCNC(CC1OCCO1)c1cccc(CC(C)C)c1. The van der Waals surface area contributed by atoms with Gasteiger partial charge < -0.3 is 14.8 Å². The van der Waals surface area contributed by atoms with Crippen molar-refractivity contribution in [2.24, 2.45) is 5.92 Å². The summed E-state index contributed by atoms with van der Waals surface area (Å²) < 4.78 is 11.2. The molecule has 1 aliphatic rings. The van der Waals surface area contributed by atoms with Crippen LogP contribution in [-0.4, -0.2) is 26.0 Å². The summed E-state index contributed by atoms with van der Waals surface area (Å²) in [7, 11) is 0. The van der Waals surface area contributed by atoms with E-state index in [-0.39, 0.29) is 6.29 Å². The summed E-state index contributed by atoms with van der Waals surface area (Å²) in [6, 6.07) is 9.25. The van der Waals surface area contributed by atoms with E-state index in [4.69, 9.17) is 9.47 Å². The van der Waals surface area contributed by atoms with E-state index in [1.807, 2.05) is 0 Å². The first-order chi connectivity index (χ1) is 10.2. The topological polar surface area (TPSA) is 30.5 Å². The highest BCUT2D eigenvalue weighted by molar-refractivity contribution is 5.26. The largest absolute Gasteiger partial charge is 0.350 e. The normalized spacial score (nSPS) is 17.5. The second-order valence-electron chi connectivity index (χ2n) is 6.26. The van der Waals surface area contributed by atoms with E-state index in [2.05, 4.69) is 50.4 Å². The van der Waals surface area contributed by atoms with Gasteiger partial charge in [0, 0.05) is 12.5 Å². The Balaban J connectivity index is 2.06. The van der Waals surface area contributed by atoms with Gasteiger partial charge in [0.15, 0.2) is 6.29 Å². The molecule has 21 heavy (non-hydrogen) atoms. The molecule has 0 radical (unpaired) electrons. The highest BCUT2D eigenvalue weighted by Crippen LogP contribution is 2.24. The second kappa shape index (κ2) is 8.52. The Labute approximate surface area is 129 Å². The monoisotopic (exact) mass is 291 g/mol. The first-order valence-electron chi connectivity index (χ1n) is 8.24. The molecule has 1 aromatic rings. The smallest absolute Gasteiger partial charge is 0.159 e. The lowest BCUT2D eigenvalue weighted by Gasteiger charge is -2.22. The fourth-order valence-electron chi connectivity index (χ4n) is 2.80. The van der Waals surface area contributed by atoms with Gasteiger partial charge in [-0.15, -0.1) is 0 Å². The average Bonchev–Trinajstić information content (AvgIpc) is 2.96. The molecule has 3 heteroatoms. The molecule has 1 atom stereocenters. The number of nitrogens with one attached hydrogen (secondary N) is 1. The Morgan fingerprint density at radius 3 is 2.67 bits per heavy atom. The summed E-state index contributed by atoms with van der Waals surface area (Å²) in [4.78, 5) is 0. The molecular weight excluding hydrogens is 262 g/mol. The van der Waals surface area contributed by atoms with Crippen molar-refractivity contribution >= 4 is 0 Å². The zero-order valence-electron chi connectivity index (χ0n) is 13.6. The van der Waals surface area contributed by atoms with E-state index in [9.17, 15) is 0 Å². The quantitative estimate of drug-likeness (QED) is 0.792.